The third-order valence-corrected chi connectivity index (χ3v) is 2.00. The van der Waals surface area contributed by atoms with Crippen molar-refractivity contribution in [3.63, 3.8) is 0 Å². The molecule has 0 fully saturated rings. The fourth-order valence-corrected chi connectivity index (χ4v) is 1.18. The number of ether oxygens (including phenoxy) is 1. The van der Waals surface area contributed by atoms with Crippen LogP contribution in [0.1, 0.15) is 18.1 Å². The molecule has 1 aromatic carbocycles. The molecule has 0 N–H and O–H groups in total. The lowest BCUT2D eigenvalue weighted by Gasteiger charge is -2.00. The van der Waals surface area contributed by atoms with E-state index in [4.69, 9.17) is 10.00 Å². The highest BCUT2D eigenvalue weighted by atomic mass is 16.5. The van der Waals surface area contributed by atoms with Crippen molar-refractivity contribution in [3.8, 4) is 6.07 Å². The lowest BCUT2D eigenvalue weighted by molar-refractivity contribution is -0.137. The highest BCUT2D eigenvalue weighted by Gasteiger charge is 2.09. The third kappa shape index (κ3) is 3.25. The van der Waals surface area contributed by atoms with Crippen molar-refractivity contribution in [1.29, 1.82) is 5.26 Å². The number of benzene rings is 1. The van der Waals surface area contributed by atoms with E-state index >= 15 is 0 Å². The molecular weight excluding hydrogens is 202 g/mol. The van der Waals surface area contributed by atoms with Crippen LogP contribution in [0.15, 0.2) is 29.8 Å². The molecule has 0 bridgehead atoms. The monoisotopic (exact) mass is 215 g/mol. The van der Waals surface area contributed by atoms with E-state index in [1.807, 2.05) is 37.3 Å². The summed E-state index contributed by atoms with van der Waals surface area (Å²) < 4.78 is 4.76. The molecule has 1 aromatic rings. The second-order valence-corrected chi connectivity index (χ2v) is 3.30. The summed E-state index contributed by atoms with van der Waals surface area (Å²) in [6, 6.07) is 9.39. The zero-order valence-electron chi connectivity index (χ0n) is 9.36. The summed E-state index contributed by atoms with van der Waals surface area (Å²) in [5.41, 5.74) is 1.97. The summed E-state index contributed by atoms with van der Waals surface area (Å²) >= 11 is 0. The molecule has 3 nitrogen and oxygen atoms in total. The summed E-state index contributed by atoms with van der Waals surface area (Å²) in [5.74, 6) is -0.578. The van der Waals surface area contributed by atoms with Gasteiger partial charge in [0, 0.05) is 0 Å². The number of esters is 1. The Hall–Kier alpha value is -2.08. The number of nitrogens with zero attached hydrogens (tertiary/aromatic N) is 1. The molecule has 1 rings (SSSR count). The first-order valence-corrected chi connectivity index (χ1v) is 5.03. The summed E-state index contributed by atoms with van der Waals surface area (Å²) in [5, 5.41) is 8.82. The van der Waals surface area contributed by atoms with Gasteiger partial charge in [-0.2, -0.15) is 5.26 Å². The van der Waals surface area contributed by atoms with Crippen LogP contribution < -0.4 is 0 Å². The minimum atomic E-state index is -0.578. The van der Waals surface area contributed by atoms with Gasteiger partial charge in [0.1, 0.15) is 11.6 Å². The quantitative estimate of drug-likeness (QED) is 0.442. The van der Waals surface area contributed by atoms with Crippen molar-refractivity contribution in [2.45, 2.75) is 13.8 Å². The van der Waals surface area contributed by atoms with Crippen molar-refractivity contribution >= 4 is 12.0 Å². The van der Waals surface area contributed by atoms with Crippen LogP contribution in [0.25, 0.3) is 6.08 Å². The van der Waals surface area contributed by atoms with Crippen LogP contribution in [0.5, 0.6) is 0 Å². The topological polar surface area (TPSA) is 50.1 Å². The van der Waals surface area contributed by atoms with Crippen LogP contribution >= 0.6 is 0 Å². The van der Waals surface area contributed by atoms with Crippen molar-refractivity contribution in [3.05, 3.63) is 41.0 Å². The molecule has 0 heterocycles. The van der Waals surface area contributed by atoms with Crippen molar-refractivity contribution in [2.75, 3.05) is 6.61 Å². The van der Waals surface area contributed by atoms with Gasteiger partial charge in [0.2, 0.25) is 0 Å². The summed E-state index contributed by atoms with van der Waals surface area (Å²) in [6.07, 6.45) is 1.53. The standard InChI is InChI=1S/C13H13NO2/c1-3-16-13(15)12(9-14)8-11-6-4-10(2)5-7-11/h4-8H,3H2,1-2H3/b12-8-. The highest BCUT2D eigenvalue weighted by molar-refractivity contribution is 5.97. The van der Waals surface area contributed by atoms with Gasteiger partial charge in [0.15, 0.2) is 0 Å². The molecule has 16 heavy (non-hydrogen) atoms. The zero-order chi connectivity index (χ0) is 12.0. The molecule has 0 aromatic heterocycles. The Balaban J connectivity index is 2.92. The molecule has 0 spiro atoms. The summed E-state index contributed by atoms with van der Waals surface area (Å²) in [4.78, 5) is 11.3. The molecule has 0 saturated heterocycles. The molecule has 0 aliphatic heterocycles. The molecule has 0 radical (unpaired) electrons. The molecule has 3 heteroatoms. The van der Waals surface area contributed by atoms with Gasteiger partial charge in [0.25, 0.3) is 0 Å². The first kappa shape index (κ1) is 12.0. The maximum atomic E-state index is 11.3. The predicted octanol–water partition coefficient (Wildman–Crippen LogP) is 2.47. The molecular formula is C13H13NO2. The number of aryl methyl sites for hydroxylation is 1. The molecule has 0 saturated carbocycles. The van der Waals surface area contributed by atoms with Gasteiger partial charge in [-0.05, 0) is 25.5 Å². The number of carbonyl (C=O) groups excluding carboxylic acids is 1. The first-order valence-electron chi connectivity index (χ1n) is 5.03. The van der Waals surface area contributed by atoms with E-state index in [1.165, 1.54) is 6.08 Å². The minimum absolute atomic E-state index is 0.0192. The van der Waals surface area contributed by atoms with Crippen LogP contribution in [0.4, 0.5) is 0 Å². The fraction of sp³-hybridized carbons (Fsp3) is 0.231. The average Bonchev–Trinajstić information content (AvgIpc) is 2.28. The number of rotatable bonds is 3. The van der Waals surface area contributed by atoms with Crippen molar-refractivity contribution in [2.24, 2.45) is 0 Å². The molecule has 0 amide bonds. The smallest absolute Gasteiger partial charge is 0.348 e. The molecule has 0 unspecified atom stereocenters. The molecule has 0 aliphatic carbocycles. The van der Waals surface area contributed by atoms with Gasteiger partial charge in [-0.3, -0.25) is 0 Å². The van der Waals surface area contributed by atoms with Gasteiger partial charge in [0.05, 0.1) is 6.61 Å². The van der Waals surface area contributed by atoms with Crippen molar-refractivity contribution in [1.82, 2.24) is 0 Å². The Kier molecular flexibility index (Phi) is 4.28. The number of hydrogen-bond acceptors (Lipinski definition) is 3. The lowest BCUT2D eigenvalue weighted by Crippen LogP contribution is -2.05. The normalized spacial score (nSPS) is 10.7. The van der Waals surface area contributed by atoms with E-state index in [2.05, 4.69) is 0 Å². The van der Waals surface area contributed by atoms with Gasteiger partial charge in [-0.25, -0.2) is 4.79 Å². The van der Waals surface area contributed by atoms with E-state index in [-0.39, 0.29) is 12.2 Å². The van der Waals surface area contributed by atoms with E-state index in [1.54, 1.807) is 6.92 Å². The Bertz CT molecular complexity index is 438. The van der Waals surface area contributed by atoms with Gasteiger partial charge in [-0.15, -0.1) is 0 Å². The van der Waals surface area contributed by atoms with Crippen LogP contribution in [-0.4, -0.2) is 12.6 Å². The maximum Gasteiger partial charge on any atom is 0.348 e. The maximum absolute atomic E-state index is 11.3. The molecule has 82 valence electrons. The Morgan fingerprint density at radius 1 is 1.44 bits per heavy atom. The van der Waals surface area contributed by atoms with Crippen LogP contribution in [0.3, 0.4) is 0 Å². The second-order valence-electron chi connectivity index (χ2n) is 3.30. The van der Waals surface area contributed by atoms with E-state index < -0.39 is 5.97 Å². The third-order valence-electron chi connectivity index (χ3n) is 2.00. The van der Waals surface area contributed by atoms with Gasteiger partial charge in [-0.1, -0.05) is 29.8 Å². The Morgan fingerprint density at radius 3 is 2.56 bits per heavy atom. The van der Waals surface area contributed by atoms with Crippen LogP contribution in [-0.2, 0) is 9.53 Å². The minimum Gasteiger partial charge on any atom is -0.462 e. The average molecular weight is 215 g/mol. The van der Waals surface area contributed by atoms with E-state index in [0.29, 0.717) is 0 Å². The van der Waals surface area contributed by atoms with E-state index in [0.717, 1.165) is 11.1 Å². The number of carbonyl (C=O) groups is 1. The largest absolute Gasteiger partial charge is 0.462 e. The van der Waals surface area contributed by atoms with Crippen molar-refractivity contribution < 1.29 is 9.53 Å². The van der Waals surface area contributed by atoms with Crippen LogP contribution in [0, 0.1) is 18.3 Å². The SMILES string of the molecule is CCOC(=O)/C(C#N)=C\c1ccc(C)cc1. The summed E-state index contributed by atoms with van der Waals surface area (Å²) in [7, 11) is 0. The number of nitriles is 1. The highest BCUT2D eigenvalue weighted by Crippen LogP contribution is 2.09. The fourth-order valence-electron chi connectivity index (χ4n) is 1.18. The van der Waals surface area contributed by atoms with Gasteiger partial charge >= 0.3 is 5.97 Å². The Labute approximate surface area is 95.0 Å². The Morgan fingerprint density at radius 2 is 2.06 bits per heavy atom. The lowest BCUT2D eigenvalue weighted by atomic mass is 10.1. The summed E-state index contributed by atoms with van der Waals surface area (Å²) in [6.45, 7) is 3.95. The molecule has 0 aliphatic rings. The van der Waals surface area contributed by atoms with Crippen LogP contribution in [0.2, 0.25) is 0 Å². The first-order chi connectivity index (χ1) is 7.67. The second kappa shape index (κ2) is 5.72. The van der Waals surface area contributed by atoms with Gasteiger partial charge < -0.3 is 4.74 Å². The van der Waals surface area contributed by atoms with E-state index in [9.17, 15) is 4.79 Å². The predicted molar refractivity (Wildman–Crippen MR) is 61.4 cm³/mol. The molecule has 0 atom stereocenters. The zero-order valence-corrected chi connectivity index (χ0v) is 9.36. The number of hydrogen-bond donors (Lipinski definition) is 0.